The van der Waals surface area contributed by atoms with Crippen LogP contribution in [0, 0.1) is 5.82 Å². The zero-order chi connectivity index (χ0) is 20.4. The molecule has 0 saturated heterocycles. The Balaban J connectivity index is 1.46. The van der Waals surface area contributed by atoms with Gasteiger partial charge in [-0.25, -0.2) is 14.4 Å². The zero-order valence-corrected chi connectivity index (χ0v) is 17.1. The van der Waals surface area contributed by atoms with E-state index in [1.54, 1.807) is 35.2 Å². The van der Waals surface area contributed by atoms with E-state index in [0.29, 0.717) is 40.3 Å². The summed E-state index contributed by atoms with van der Waals surface area (Å²) in [6, 6.07) is 11.8. The van der Waals surface area contributed by atoms with E-state index in [2.05, 4.69) is 9.97 Å². The van der Waals surface area contributed by atoms with Crippen molar-refractivity contribution in [2.75, 3.05) is 11.4 Å². The molecular formula is C21H17ClFN3O2S. The van der Waals surface area contributed by atoms with Crippen LogP contribution in [0.2, 0.25) is 5.02 Å². The molecule has 0 unspecified atom stereocenters. The first kappa shape index (κ1) is 19.5. The number of fused-ring (bicyclic) bond motifs is 1. The maximum absolute atomic E-state index is 13.9. The van der Waals surface area contributed by atoms with Crippen LogP contribution < -0.4 is 4.90 Å². The Hall–Kier alpha value is -2.77. The number of aromatic nitrogens is 2. The SMILES string of the molecule is CCN(C(=O)CCc1ncc(-c2ccccc2F)o1)c1nc2cc(Cl)ccc2s1. The summed E-state index contributed by atoms with van der Waals surface area (Å²) in [6.07, 6.45) is 2.01. The van der Waals surface area contributed by atoms with Gasteiger partial charge in [-0.3, -0.25) is 9.69 Å². The van der Waals surface area contributed by atoms with Gasteiger partial charge in [0.1, 0.15) is 5.82 Å². The van der Waals surface area contributed by atoms with Crippen molar-refractivity contribution in [2.45, 2.75) is 19.8 Å². The van der Waals surface area contributed by atoms with Gasteiger partial charge in [0.25, 0.3) is 0 Å². The molecule has 2 aromatic heterocycles. The summed E-state index contributed by atoms with van der Waals surface area (Å²) < 4.78 is 20.5. The molecule has 0 bridgehead atoms. The van der Waals surface area contributed by atoms with E-state index in [9.17, 15) is 9.18 Å². The van der Waals surface area contributed by atoms with Gasteiger partial charge in [0.05, 0.1) is 22.0 Å². The molecule has 148 valence electrons. The van der Waals surface area contributed by atoms with Crippen LogP contribution in [0.5, 0.6) is 0 Å². The zero-order valence-electron chi connectivity index (χ0n) is 15.6. The van der Waals surface area contributed by atoms with Crippen molar-refractivity contribution in [3.8, 4) is 11.3 Å². The highest BCUT2D eigenvalue weighted by atomic mass is 35.5. The van der Waals surface area contributed by atoms with Gasteiger partial charge >= 0.3 is 0 Å². The van der Waals surface area contributed by atoms with Crippen molar-refractivity contribution in [3.63, 3.8) is 0 Å². The maximum atomic E-state index is 13.9. The Bertz CT molecular complexity index is 1170. The highest BCUT2D eigenvalue weighted by Crippen LogP contribution is 2.31. The normalized spacial score (nSPS) is 11.1. The number of hydrogen-bond donors (Lipinski definition) is 0. The Labute approximate surface area is 175 Å². The number of nitrogens with zero attached hydrogens (tertiary/aromatic N) is 3. The Morgan fingerprint density at radius 1 is 1.28 bits per heavy atom. The number of thiazole rings is 1. The number of anilines is 1. The van der Waals surface area contributed by atoms with Crippen LogP contribution >= 0.6 is 22.9 Å². The summed E-state index contributed by atoms with van der Waals surface area (Å²) in [5.41, 5.74) is 1.12. The maximum Gasteiger partial charge on any atom is 0.229 e. The Morgan fingerprint density at radius 2 is 2.10 bits per heavy atom. The van der Waals surface area contributed by atoms with Gasteiger partial charge in [0.15, 0.2) is 16.8 Å². The molecule has 4 rings (SSSR count). The second-order valence-electron chi connectivity index (χ2n) is 6.34. The number of benzene rings is 2. The number of rotatable bonds is 6. The second kappa shape index (κ2) is 8.31. The van der Waals surface area contributed by atoms with Gasteiger partial charge in [0.2, 0.25) is 5.91 Å². The van der Waals surface area contributed by atoms with E-state index in [0.717, 1.165) is 10.2 Å². The fourth-order valence-electron chi connectivity index (χ4n) is 2.98. The molecule has 0 spiro atoms. The second-order valence-corrected chi connectivity index (χ2v) is 7.79. The molecule has 0 saturated carbocycles. The lowest BCUT2D eigenvalue weighted by molar-refractivity contribution is -0.118. The van der Waals surface area contributed by atoms with Gasteiger partial charge in [-0.1, -0.05) is 35.1 Å². The first-order valence-electron chi connectivity index (χ1n) is 9.11. The van der Waals surface area contributed by atoms with E-state index >= 15 is 0 Å². The Kier molecular flexibility index (Phi) is 5.60. The van der Waals surface area contributed by atoms with Crippen molar-refractivity contribution < 1.29 is 13.6 Å². The average molecular weight is 430 g/mol. The minimum Gasteiger partial charge on any atom is -0.441 e. The molecule has 0 aliphatic heterocycles. The van der Waals surface area contributed by atoms with Crippen LogP contribution in [0.3, 0.4) is 0 Å². The van der Waals surface area contributed by atoms with Gasteiger partial charge in [-0.05, 0) is 37.3 Å². The van der Waals surface area contributed by atoms with E-state index in [1.165, 1.54) is 23.6 Å². The first-order chi connectivity index (χ1) is 14.0. The van der Waals surface area contributed by atoms with E-state index in [1.807, 2.05) is 13.0 Å². The largest absolute Gasteiger partial charge is 0.441 e. The van der Waals surface area contributed by atoms with Crippen molar-refractivity contribution >= 4 is 44.2 Å². The number of hydrogen-bond acceptors (Lipinski definition) is 5. The topological polar surface area (TPSA) is 59.2 Å². The number of oxazole rings is 1. The minimum absolute atomic E-state index is 0.0803. The van der Waals surface area contributed by atoms with Gasteiger partial charge in [-0.15, -0.1) is 0 Å². The van der Waals surface area contributed by atoms with Gasteiger partial charge in [-0.2, -0.15) is 0 Å². The third-order valence-corrected chi connectivity index (χ3v) is 5.73. The van der Waals surface area contributed by atoms with Crippen LogP contribution in [-0.2, 0) is 11.2 Å². The summed E-state index contributed by atoms with van der Waals surface area (Å²) in [7, 11) is 0. The van der Waals surface area contributed by atoms with Gasteiger partial charge < -0.3 is 4.42 Å². The number of carbonyl (C=O) groups is 1. The molecule has 5 nitrogen and oxygen atoms in total. The van der Waals surface area contributed by atoms with Crippen LogP contribution in [0.25, 0.3) is 21.5 Å². The highest BCUT2D eigenvalue weighted by molar-refractivity contribution is 7.22. The molecule has 0 aliphatic carbocycles. The molecule has 2 aromatic carbocycles. The van der Waals surface area contributed by atoms with Crippen LogP contribution in [-0.4, -0.2) is 22.4 Å². The number of amides is 1. The molecule has 0 aliphatic rings. The Morgan fingerprint density at radius 3 is 2.90 bits per heavy atom. The highest BCUT2D eigenvalue weighted by Gasteiger charge is 2.19. The number of carbonyl (C=O) groups excluding carboxylic acids is 1. The van der Waals surface area contributed by atoms with Crippen molar-refractivity contribution in [2.24, 2.45) is 0 Å². The molecule has 0 radical (unpaired) electrons. The van der Waals surface area contributed by atoms with Crippen LogP contribution in [0.1, 0.15) is 19.2 Å². The lowest BCUT2D eigenvalue weighted by Gasteiger charge is -2.17. The molecule has 4 aromatic rings. The fourth-order valence-corrected chi connectivity index (χ4v) is 4.18. The summed E-state index contributed by atoms with van der Waals surface area (Å²) in [6.45, 7) is 2.40. The number of aryl methyl sites for hydroxylation is 1. The summed E-state index contributed by atoms with van der Waals surface area (Å²) in [5.74, 6) is 0.285. The lowest BCUT2D eigenvalue weighted by atomic mass is 10.2. The molecule has 8 heteroatoms. The van der Waals surface area contributed by atoms with Crippen molar-refractivity contribution in [1.29, 1.82) is 0 Å². The minimum atomic E-state index is -0.376. The third kappa shape index (κ3) is 4.16. The molecule has 29 heavy (non-hydrogen) atoms. The molecule has 0 N–H and O–H groups in total. The van der Waals surface area contributed by atoms with Gasteiger partial charge in [0, 0.05) is 24.4 Å². The van der Waals surface area contributed by atoms with E-state index in [4.69, 9.17) is 16.0 Å². The quantitative estimate of drug-likeness (QED) is 0.392. The molecule has 0 atom stereocenters. The van der Waals surface area contributed by atoms with Crippen LogP contribution in [0.15, 0.2) is 53.1 Å². The third-order valence-electron chi connectivity index (χ3n) is 4.43. The molecular weight excluding hydrogens is 413 g/mol. The summed E-state index contributed by atoms with van der Waals surface area (Å²) >= 11 is 7.47. The lowest BCUT2D eigenvalue weighted by Crippen LogP contribution is -2.30. The summed E-state index contributed by atoms with van der Waals surface area (Å²) in [4.78, 5) is 23.1. The molecule has 2 heterocycles. The average Bonchev–Trinajstić information content (AvgIpc) is 3.34. The molecule has 1 amide bonds. The van der Waals surface area contributed by atoms with E-state index < -0.39 is 0 Å². The summed E-state index contributed by atoms with van der Waals surface area (Å²) in [5, 5.41) is 1.24. The standard InChI is InChI=1S/C21H17ClFN3O2S/c1-2-26(21-25-16-11-13(22)7-8-18(16)29-21)20(27)10-9-19-24-12-17(28-19)14-5-3-4-6-15(14)23/h3-8,11-12H,2,9-10H2,1H3. The monoisotopic (exact) mass is 429 g/mol. The smallest absolute Gasteiger partial charge is 0.229 e. The molecule has 0 fully saturated rings. The fraction of sp³-hybridized carbons (Fsp3) is 0.190. The van der Waals surface area contributed by atoms with E-state index in [-0.39, 0.29) is 18.1 Å². The predicted molar refractivity (Wildman–Crippen MR) is 113 cm³/mol. The van der Waals surface area contributed by atoms with Crippen molar-refractivity contribution in [1.82, 2.24) is 9.97 Å². The van der Waals surface area contributed by atoms with Crippen molar-refractivity contribution in [3.05, 3.63) is 65.4 Å². The number of halogens is 2. The van der Waals surface area contributed by atoms with Crippen LogP contribution in [0.4, 0.5) is 9.52 Å². The predicted octanol–water partition coefficient (Wildman–Crippen LogP) is 5.73. The first-order valence-corrected chi connectivity index (χ1v) is 10.3.